The maximum absolute atomic E-state index is 12.9. The highest BCUT2D eigenvalue weighted by atomic mass is 19.1. The molecule has 1 aromatic heterocycles. The molecule has 1 aromatic carbocycles. The zero-order chi connectivity index (χ0) is 20.6. The molecule has 0 spiro atoms. The number of benzene rings is 1. The molecule has 2 heterocycles. The van der Waals surface area contributed by atoms with E-state index in [1.807, 2.05) is 0 Å². The predicted molar refractivity (Wildman–Crippen MR) is 110 cm³/mol. The van der Waals surface area contributed by atoms with Crippen LogP contribution >= 0.6 is 0 Å². The highest BCUT2D eigenvalue weighted by Gasteiger charge is 2.23. The van der Waals surface area contributed by atoms with Gasteiger partial charge in [0, 0.05) is 25.8 Å². The van der Waals surface area contributed by atoms with Crippen LogP contribution in [0.1, 0.15) is 33.1 Å². The number of hydrogen-bond acceptors (Lipinski definition) is 4. The highest BCUT2D eigenvalue weighted by molar-refractivity contribution is 5.89. The van der Waals surface area contributed by atoms with E-state index < -0.39 is 0 Å². The van der Waals surface area contributed by atoms with Gasteiger partial charge in [-0.1, -0.05) is 13.8 Å². The van der Waals surface area contributed by atoms with Crippen LogP contribution in [0.3, 0.4) is 0 Å². The van der Waals surface area contributed by atoms with Gasteiger partial charge in [-0.05, 0) is 55.5 Å². The molecule has 0 unspecified atom stereocenters. The molecule has 7 heteroatoms. The van der Waals surface area contributed by atoms with Crippen molar-refractivity contribution in [2.24, 2.45) is 5.92 Å². The fourth-order valence-corrected chi connectivity index (χ4v) is 3.04. The first-order chi connectivity index (χ1) is 14.0. The maximum Gasteiger partial charge on any atom is 0.321 e. The summed E-state index contributed by atoms with van der Waals surface area (Å²) in [5, 5.41) is 2.86. The van der Waals surface area contributed by atoms with Crippen molar-refractivity contribution < 1.29 is 18.7 Å². The molecule has 2 aromatic rings. The monoisotopic (exact) mass is 401 g/mol. The normalized spacial score (nSPS) is 14.8. The van der Waals surface area contributed by atoms with Gasteiger partial charge in [0.2, 0.25) is 5.88 Å². The molecule has 0 aliphatic carbocycles. The number of amides is 2. The van der Waals surface area contributed by atoms with E-state index in [2.05, 4.69) is 24.1 Å². The molecule has 3 rings (SSSR count). The Morgan fingerprint density at radius 2 is 1.93 bits per heavy atom. The lowest BCUT2D eigenvalue weighted by Crippen LogP contribution is -2.43. The summed E-state index contributed by atoms with van der Waals surface area (Å²) in [4.78, 5) is 18.4. The summed E-state index contributed by atoms with van der Waals surface area (Å²) in [7, 11) is 0. The number of urea groups is 1. The number of ether oxygens (including phenoxy) is 2. The summed E-state index contributed by atoms with van der Waals surface area (Å²) >= 11 is 0. The van der Waals surface area contributed by atoms with Crippen LogP contribution in [0.5, 0.6) is 11.6 Å². The van der Waals surface area contributed by atoms with E-state index in [-0.39, 0.29) is 18.0 Å². The number of anilines is 1. The predicted octanol–water partition coefficient (Wildman–Crippen LogP) is 5.07. The third-order valence-electron chi connectivity index (χ3n) is 4.80. The van der Waals surface area contributed by atoms with Gasteiger partial charge in [-0.25, -0.2) is 14.2 Å². The molecule has 6 nitrogen and oxygen atoms in total. The second kappa shape index (κ2) is 10.2. The van der Waals surface area contributed by atoms with Gasteiger partial charge in [-0.2, -0.15) is 0 Å². The number of halogens is 1. The Morgan fingerprint density at radius 3 is 2.55 bits per heavy atom. The van der Waals surface area contributed by atoms with E-state index in [9.17, 15) is 9.18 Å². The lowest BCUT2D eigenvalue weighted by molar-refractivity contribution is 0.0112. The topological polar surface area (TPSA) is 63.7 Å². The number of carbonyl (C=O) groups excluding carboxylic acids is 1. The number of piperidine rings is 1. The molecular formula is C22H28FN3O3. The average molecular weight is 401 g/mol. The Bertz CT molecular complexity index is 773. The van der Waals surface area contributed by atoms with Gasteiger partial charge in [0.25, 0.3) is 0 Å². The first kappa shape index (κ1) is 21.0. The molecule has 1 saturated heterocycles. The fraction of sp³-hybridized carbons (Fsp3) is 0.455. The standard InChI is InChI=1S/C22H28FN3O3/c1-16(2)11-14-28-19-9-12-26(13-10-19)22(27)25-18-5-8-21(24-15-18)29-20-6-3-17(23)4-7-20/h3-8,15-16,19H,9-14H2,1-2H3,(H,25,27). The molecule has 1 aliphatic rings. The molecule has 0 bridgehead atoms. The molecule has 29 heavy (non-hydrogen) atoms. The Morgan fingerprint density at radius 1 is 1.21 bits per heavy atom. The summed E-state index contributed by atoms with van der Waals surface area (Å²) in [6.45, 7) is 6.51. The van der Waals surface area contributed by atoms with Crippen molar-refractivity contribution in [1.82, 2.24) is 9.88 Å². The Labute approximate surface area is 171 Å². The van der Waals surface area contributed by atoms with Crippen LogP contribution < -0.4 is 10.1 Å². The lowest BCUT2D eigenvalue weighted by Gasteiger charge is -2.32. The minimum Gasteiger partial charge on any atom is -0.439 e. The number of hydrogen-bond donors (Lipinski definition) is 1. The van der Waals surface area contributed by atoms with Crippen molar-refractivity contribution in [3.63, 3.8) is 0 Å². The van der Waals surface area contributed by atoms with Crippen molar-refractivity contribution in [2.75, 3.05) is 25.0 Å². The zero-order valence-corrected chi connectivity index (χ0v) is 16.9. The van der Waals surface area contributed by atoms with E-state index in [4.69, 9.17) is 9.47 Å². The minimum atomic E-state index is -0.325. The van der Waals surface area contributed by atoms with E-state index in [0.29, 0.717) is 36.3 Å². The first-order valence-corrected chi connectivity index (χ1v) is 10.1. The van der Waals surface area contributed by atoms with Gasteiger partial charge >= 0.3 is 6.03 Å². The minimum absolute atomic E-state index is 0.139. The van der Waals surface area contributed by atoms with Crippen molar-refractivity contribution in [2.45, 2.75) is 39.2 Å². The Hall–Kier alpha value is -2.67. The van der Waals surface area contributed by atoms with Crippen LogP contribution in [0.4, 0.5) is 14.9 Å². The van der Waals surface area contributed by atoms with Gasteiger partial charge in [0.15, 0.2) is 0 Å². The number of aromatic nitrogens is 1. The maximum atomic E-state index is 12.9. The molecule has 0 radical (unpaired) electrons. The van der Waals surface area contributed by atoms with Gasteiger partial charge in [-0.3, -0.25) is 0 Å². The van der Waals surface area contributed by atoms with Gasteiger partial charge in [0.05, 0.1) is 18.0 Å². The molecule has 156 valence electrons. The van der Waals surface area contributed by atoms with Crippen molar-refractivity contribution in [3.8, 4) is 11.6 Å². The van der Waals surface area contributed by atoms with Gasteiger partial charge in [0.1, 0.15) is 11.6 Å². The van der Waals surface area contributed by atoms with Crippen molar-refractivity contribution >= 4 is 11.7 Å². The summed E-state index contributed by atoms with van der Waals surface area (Å²) < 4.78 is 24.4. The van der Waals surface area contributed by atoms with Crippen LogP contribution in [-0.2, 0) is 4.74 Å². The number of nitrogens with one attached hydrogen (secondary N) is 1. The van der Waals surface area contributed by atoms with Crippen LogP contribution in [-0.4, -0.2) is 41.7 Å². The summed E-state index contributed by atoms with van der Waals surface area (Å²) in [6, 6.07) is 8.95. The summed E-state index contributed by atoms with van der Waals surface area (Å²) in [5.74, 6) is 1.18. The molecule has 0 atom stereocenters. The Kier molecular flexibility index (Phi) is 7.41. The second-order valence-corrected chi connectivity index (χ2v) is 7.61. The lowest BCUT2D eigenvalue weighted by atomic mass is 10.1. The summed E-state index contributed by atoms with van der Waals surface area (Å²) in [6.07, 6.45) is 4.55. The molecule has 0 saturated carbocycles. The zero-order valence-electron chi connectivity index (χ0n) is 16.9. The van der Waals surface area contributed by atoms with Crippen LogP contribution in [0.25, 0.3) is 0 Å². The number of likely N-dealkylation sites (tertiary alicyclic amines) is 1. The van der Waals surface area contributed by atoms with Crippen molar-refractivity contribution in [1.29, 1.82) is 0 Å². The fourth-order valence-electron chi connectivity index (χ4n) is 3.04. The third kappa shape index (κ3) is 6.71. The number of pyridine rings is 1. The van der Waals surface area contributed by atoms with Crippen molar-refractivity contribution in [3.05, 3.63) is 48.4 Å². The van der Waals surface area contributed by atoms with Gasteiger partial charge in [-0.15, -0.1) is 0 Å². The van der Waals surface area contributed by atoms with Crippen LogP contribution in [0.2, 0.25) is 0 Å². The van der Waals surface area contributed by atoms with Crippen LogP contribution in [0.15, 0.2) is 42.6 Å². The van der Waals surface area contributed by atoms with Gasteiger partial charge < -0.3 is 19.7 Å². The molecule has 1 fully saturated rings. The largest absolute Gasteiger partial charge is 0.439 e. The number of rotatable bonds is 7. The average Bonchev–Trinajstić information content (AvgIpc) is 2.71. The van der Waals surface area contributed by atoms with E-state index in [1.165, 1.54) is 24.3 Å². The summed E-state index contributed by atoms with van der Waals surface area (Å²) in [5.41, 5.74) is 0.594. The smallest absolute Gasteiger partial charge is 0.321 e. The van der Waals surface area contributed by atoms with E-state index in [1.54, 1.807) is 23.2 Å². The third-order valence-corrected chi connectivity index (χ3v) is 4.80. The van der Waals surface area contributed by atoms with Crippen LogP contribution in [0, 0.1) is 11.7 Å². The number of carbonyl (C=O) groups is 1. The molecule has 2 amide bonds. The molecular weight excluding hydrogens is 373 g/mol. The van der Waals surface area contributed by atoms with E-state index in [0.717, 1.165) is 25.9 Å². The molecule has 1 aliphatic heterocycles. The SMILES string of the molecule is CC(C)CCOC1CCN(C(=O)Nc2ccc(Oc3ccc(F)cc3)nc2)CC1. The number of nitrogens with zero attached hydrogens (tertiary/aromatic N) is 2. The second-order valence-electron chi connectivity index (χ2n) is 7.61. The molecule has 1 N–H and O–H groups in total. The quantitative estimate of drug-likeness (QED) is 0.703. The Balaban J connectivity index is 1.43. The highest BCUT2D eigenvalue weighted by Crippen LogP contribution is 2.21. The van der Waals surface area contributed by atoms with E-state index >= 15 is 0 Å². The first-order valence-electron chi connectivity index (χ1n) is 10.1.